The molecule has 118 valence electrons. The van der Waals surface area contributed by atoms with Crippen molar-refractivity contribution in [3.63, 3.8) is 0 Å². The van der Waals surface area contributed by atoms with Gasteiger partial charge in [0.25, 0.3) is 5.69 Å². The molecule has 0 aliphatic heterocycles. The second-order valence-corrected chi connectivity index (χ2v) is 6.56. The van der Waals surface area contributed by atoms with E-state index in [2.05, 4.69) is 12.2 Å². The smallest absolute Gasteiger partial charge is 0.285 e. The van der Waals surface area contributed by atoms with Crippen molar-refractivity contribution in [2.75, 3.05) is 6.54 Å². The third-order valence-corrected chi connectivity index (χ3v) is 5.46. The van der Waals surface area contributed by atoms with Crippen molar-refractivity contribution in [1.82, 2.24) is 5.32 Å². The first kappa shape index (κ1) is 17.8. The Morgan fingerprint density at radius 2 is 1.95 bits per heavy atom. The van der Waals surface area contributed by atoms with Crippen LogP contribution in [0.25, 0.3) is 0 Å². The lowest BCUT2D eigenvalue weighted by molar-refractivity contribution is -0.387. The van der Waals surface area contributed by atoms with Crippen molar-refractivity contribution in [1.29, 1.82) is 0 Å². The highest BCUT2D eigenvalue weighted by Crippen LogP contribution is 2.26. The topological polar surface area (TPSA) is 72.2 Å². The van der Waals surface area contributed by atoms with Crippen LogP contribution >= 0.6 is 0 Å². The molecule has 5 nitrogen and oxygen atoms in total. The lowest BCUT2D eigenvalue weighted by Crippen LogP contribution is -2.41. The highest BCUT2D eigenvalue weighted by Gasteiger charge is 2.29. The van der Waals surface area contributed by atoms with Crippen molar-refractivity contribution < 1.29 is 9.13 Å². The molecule has 0 aliphatic rings. The Bertz CT molecular complexity index is 488. The van der Waals surface area contributed by atoms with E-state index in [-0.39, 0.29) is 17.0 Å². The molecule has 1 aromatic carbocycles. The van der Waals surface area contributed by atoms with Crippen LogP contribution in [0.3, 0.4) is 0 Å². The summed E-state index contributed by atoms with van der Waals surface area (Å²) in [5.74, 6) is 0. The number of hydrogen-bond donors (Lipinski definition) is 1. The van der Waals surface area contributed by atoms with Gasteiger partial charge in [0.05, 0.1) is 21.0 Å². The molecule has 0 fully saturated rings. The standard InChI is InChI=1S/C15H24N2O3S/c1-4-9-12(16-6-3)14(5-2)21(20)15-11-8-7-10-13(15)17(18)19/h7-8,10-12,14,16H,4-6,9H2,1-3H3. The number of hydrogen-bond acceptors (Lipinski definition) is 4. The van der Waals surface area contributed by atoms with Gasteiger partial charge in [0.2, 0.25) is 0 Å². The van der Waals surface area contributed by atoms with Gasteiger partial charge in [-0.1, -0.05) is 39.3 Å². The van der Waals surface area contributed by atoms with Crippen LogP contribution in [0.1, 0.15) is 40.0 Å². The van der Waals surface area contributed by atoms with Gasteiger partial charge in [-0.2, -0.15) is 0 Å². The van der Waals surface area contributed by atoms with Gasteiger partial charge in [-0.15, -0.1) is 0 Å². The van der Waals surface area contributed by atoms with Gasteiger partial charge in [-0.05, 0) is 25.5 Å². The third-order valence-electron chi connectivity index (χ3n) is 3.47. The van der Waals surface area contributed by atoms with Crippen molar-refractivity contribution >= 4 is 16.5 Å². The summed E-state index contributed by atoms with van der Waals surface area (Å²) in [5.41, 5.74) is -0.0546. The Hall–Kier alpha value is -1.27. The van der Waals surface area contributed by atoms with E-state index in [1.54, 1.807) is 18.2 Å². The molecule has 0 heterocycles. The van der Waals surface area contributed by atoms with Gasteiger partial charge in [0.15, 0.2) is 0 Å². The number of nitrogens with zero attached hydrogens (tertiary/aromatic N) is 1. The maximum Gasteiger partial charge on any atom is 0.285 e. The zero-order valence-electron chi connectivity index (χ0n) is 12.9. The zero-order valence-corrected chi connectivity index (χ0v) is 13.7. The van der Waals surface area contributed by atoms with Crippen molar-refractivity contribution in [2.45, 2.75) is 56.2 Å². The lowest BCUT2D eigenvalue weighted by atomic mass is 10.1. The van der Waals surface area contributed by atoms with E-state index in [9.17, 15) is 14.3 Å². The molecule has 6 heteroatoms. The van der Waals surface area contributed by atoms with E-state index in [1.165, 1.54) is 6.07 Å². The number of benzene rings is 1. The first-order valence-corrected chi connectivity index (χ1v) is 8.65. The molecular weight excluding hydrogens is 288 g/mol. The summed E-state index contributed by atoms with van der Waals surface area (Å²) in [6.07, 6.45) is 2.62. The summed E-state index contributed by atoms with van der Waals surface area (Å²) >= 11 is 0. The van der Waals surface area contributed by atoms with Crippen molar-refractivity contribution in [3.8, 4) is 0 Å². The van der Waals surface area contributed by atoms with E-state index in [0.29, 0.717) is 4.90 Å². The fraction of sp³-hybridized carbons (Fsp3) is 0.600. The second kappa shape index (κ2) is 8.89. The predicted octanol–water partition coefficient (Wildman–Crippen LogP) is 3.26. The van der Waals surface area contributed by atoms with E-state index < -0.39 is 15.7 Å². The molecule has 3 atom stereocenters. The van der Waals surface area contributed by atoms with Crippen molar-refractivity contribution in [3.05, 3.63) is 34.4 Å². The first-order chi connectivity index (χ1) is 10.1. The minimum absolute atomic E-state index is 0.0546. The van der Waals surface area contributed by atoms with Gasteiger partial charge < -0.3 is 5.32 Å². The first-order valence-electron chi connectivity index (χ1n) is 7.44. The number of para-hydroxylation sites is 1. The summed E-state index contributed by atoms with van der Waals surface area (Å²) in [7, 11) is -1.39. The summed E-state index contributed by atoms with van der Waals surface area (Å²) < 4.78 is 12.9. The second-order valence-electron chi connectivity index (χ2n) is 4.92. The summed E-state index contributed by atoms with van der Waals surface area (Å²) in [5, 5.41) is 14.4. The molecule has 21 heavy (non-hydrogen) atoms. The average Bonchev–Trinajstić information content (AvgIpc) is 2.48. The predicted molar refractivity (Wildman–Crippen MR) is 86.0 cm³/mol. The SMILES string of the molecule is CCCC(NCC)C(CC)S(=O)c1ccccc1[N+](=O)[O-]. The molecule has 0 aromatic heterocycles. The zero-order chi connectivity index (χ0) is 15.8. The van der Waals surface area contributed by atoms with Crippen LogP contribution in [0.4, 0.5) is 5.69 Å². The Kier molecular flexibility index (Phi) is 7.53. The molecule has 0 amide bonds. The highest BCUT2D eigenvalue weighted by atomic mass is 32.2. The molecule has 0 aliphatic carbocycles. The molecule has 0 saturated carbocycles. The van der Waals surface area contributed by atoms with E-state index in [1.807, 2.05) is 13.8 Å². The molecule has 0 radical (unpaired) electrons. The Balaban J connectivity index is 3.10. The van der Waals surface area contributed by atoms with Gasteiger partial charge in [-0.3, -0.25) is 14.3 Å². The molecule has 0 saturated heterocycles. The summed E-state index contributed by atoms with van der Waals surface area (Å²) in [6, 6.07) is 6.45. The minimum atomic E-state index is -1.39. The lowest BCUT2D eigenvalue weighted by Gasteiger charge is -2.26. The Morgan fingerprint density at radius 1 is 1.29 bits per heavy atom. The fourth-order valence-electron chi connectivity index (χ4n) is 2.52. The van der Waals surface area contributed by atoms with Gasteiger partial charge in [0, 0.05) is 12.1 Å². The molecule has 1 aromatic rings. The number of rotatable bonds is 9. The highest BCUT2D eigenvalue weighted by molar-refractivity contribution is 7.86. The Labute approximate surface area is 128 Å². The van der Waals surface area contributed by atoms with Crippen LogP contribution in [0.15, 0.2) is 29.2 Å². The Morgan fingerprint density at radius 3 is 2.48 bits per heavy atom. The molecule has 1 N–H and O–H groups in total. The monoisotopic (exact) mass is 312 g/mol. The third kappa shape index (κ3) is 4.61. The van der Waals surface area contributed by atoms with Crippen LogP contribution in [-0.2, 0) is 10.8 Å². The molecule has 0 bridgehead atoms. The van der Waals surface area contributed by atoms with Gasteiger partial charge in [-0.25, -0.2) is 0 Å². The number of nitro groups is 1. The fourth-order valence-corrected chi connectivity index (χ4v) is 4.24. The van der Waals surface area contributed by atoms with Crippen LogP contribution in [0, 0.1) is 10.1 Å². The van der Waals surface area contributed by atoms with E-state index in [0.717, 1.165) is 25.8 Å². The largest absolute Gasteiger partial charge is 0.313 e. The minimum Gasteiger partial charge on any atom is -0.313 e. The van der Waals surface area contributed by atoms with E-state index in [4.69, 9.17) is 0 Å². The molecular formula is C15H24N2O3S. The van der Waals surface area contributed by atoms with Crippen LogP contribution in [-0.4, -0.2) is 27.0 Å². The quantitative estimate of drug-likeness (QED) is 0.561. The number of nitro benzene ring substituents is 1. The normalized spacial score (nSPS) is 15.4. The van der Waals surface area contributed by atoms with Gasteiger partial charge in [0.1, 0.15) is 4.90 Å². The molecule has 1 rings (SSSR count). The maximum absolute atomic E-state index is 12.9. The van der Waals surface area contributed by atoms with Crippen LogP contribution in [0.5, 0.6) is 0 Å². The molecule has 3 unspecified atom stereocenters. The summed E-state index contributed by atoms with van der Waals surface area (Å²) in [6.45, 7) is 6.89. The van der Waals surface area contributed by atoms with Crippen LogP contribution < -0.4 is 5.32 Å². The van der Waals surface area contributed by atoms with Crippen LogP contribution in [0.2, 0.25) is 0 Å². The summed E-state index contributed by atoms with van der Waals surface area (Å²) in [4.78, 5) is 11.0. The van der Waals surface area contributed by atoms with Crippen molar-refractivity contribution in [2.24, 2.45) is 0 Å². The van der Waals surface area contributed by atoms with Gasteiger partial charge >= 0.3 is 0 Å². The van der Waals surface area contributed by atoms with E-state index >= 15 is 0 Å². The maximum atomic E-state index is 12.9. The molecule has 0 spiro atoms. The average molecular weight is 312 g/mol. The number of nitrogens with one attached hydrogen (secondary N) is 1.